The van der Waals surface area contributed by atoms with E-state index in [0.29, 0.717) is 17.7 Å². The van der Waals surface area contributed by atoms with Crippen molar-refractivity contribution in [2.45, 2.75) is 45.4 Å². The molecule has 1 aliphatic rings. The maximum Gasteiger partial charge on any atom is 0.261 e. The van der Waals surface area contributed by atoms with E-state index < -0.39 is 0 Å². The number of unbranched alkanes of at least 4 members (excludes halogenated alkanes) is 5. The van der Waals surface area contributed by atoms with Gasteiger partial charge in [-0.25, -0.2) is 0 Å². The lowest BCUT2D eigenvalue weighted by molar-refractivity contribution is 0.0651. The molecule has 2 amide bonds. The molecular weight excluding hydrogens is 318 g/mol. The van der Waals surface area contributed by atoms with Crippen LogP contribution in [-0.2, 0) is 0 Å². The van der Waals surface area contributed by atoms with E-state index in [1.807, 2.05) is 29.6 Å². The third kappa shape index (κ3) is 3.44. The van der Waals surface area contributed by atoms with Crippen molar-refractivity contribution in [3.63, 3.8) is 0 Å². The molecule has 3 rings (SSSR count). The van der Waals surface area contributed by atoms with Crippen LogP contribution in [0.25, 0.3) is 10.4 Å². The molecular formula is C20H23NO2S. The summed E-state index contributed by atoms with van der Waals surface area (Å²) >= 11 is 1.64. The molecule has 1 aromatic carbocycles. The zero-order valence-electron chi connectivity index (χ0n) is 14.1. The van der Waals surface area contributed by atoms with Crippen molar-refractivity contribution in [1.82, 2.24) is 4.90 Å². The smallest absolute Gasteiger partial charge is 0.261 e. The van der Waals surface area contributed by atoms with E-state index in [9.17, 15) is 9.59 Å². The van der Waals surface area contributed by atoms with Crippen LogP contribution in [0.15, 0.2) is 35.7 Å². The Labute approximate surface area is 147 Å². The van der Waals surface area contributed by atoms with Gasteiger partial charge in [-0.1, -0.05) is 51.2 Å². The number of carbonyl (C=O) groups excluding carboxylic acids is 2. The summed E-state index contributed by atoms with van der Waals surface area (Å²) in [4.78, 5) is 27.6. The number of amides is 2. The van der Waals surface area contributed by atoms with Crippen LogP contribution in [-0.4, -0.2) is 23.3 Å². The molecule has 2 aromatic rings. The Morgan fingerprint density at radius 1 is 0.917 bits per heavy atom. The zero-order chi connectivity index (χ0) is 16.9. The van der Waals surface area contributed by atoms with Crippen molar-refractivity contribution in [2.75, 3.05) is 6.54 Å². The highest BCUT2D eigenvalue weighted by atomic mass is 32.1. The van der Waals surface area contributed by atoms with Crippen molar-refractivity contribution in [1.29, 1.82) is 0 Å². The fourth-order valence-electron chi connectivity index (χ4n) is 3.14. The Morgan fingerprint density at radius 3 is 2.42 bits per heavy atom. The van der Waals surface area contributed by atoms with Crippen LogP contribution in [0.2, 0.25) is 0 Å². The predicted octanol–water partition coefficient (Wildman–Crippen LogP) is 5.37. The van der Waals surface area contributed by atoms with Gasteiger partial charge < -0.3 is 0 Å². The van der Waals surface area contributed by atoms with Crippen molar-refractivity contribution in [2.24, 2.45) is 0 Å². The van der Waals surface area contributed by atoms with Gasteiger partial charge in [-0.3, -0.25) is 14.5 Å². The molecule has 0 aliphatic carbocycles. The van der Waals surface area contributed by atoms with Crippen molar-refractivity contribution in [3.05, 3.63) is 46.8 Å². The Bertz CT molecular complexity index is 721. The molecule has 1 aliphatic heterocycles. The Kier molecular flexibility index (Phi) is 5.46. The summed E-state index contributed by atoms with van der Waals surface area (Å²) in [6, 6.07) is 9.62. The molecule has 3 nitrogen and oxygen atoms in total. The van der Waals surface area contributed by atoms with Crippen LogP contribution in [0.1, 0.15) is 66.2 Å². The molecule has 126 valence electrons. The van der Waals surface area contributed by atoms with Gasteiger partial charge in [0.05, 0.1) is 11.1 Å². The standard InChI is InChI=1S/C20H23NO2S/c1-2-3-4-5-6-7-12-21-19(22)16-11-10-15(14-17(16)20(21)23)18-9-8-13-24-18/h8-11,13-14H,2-7,12H2,1H3. The van der Waals surface area contributed by atoms with Gasteiger partial charge in [0.1, 0.15) is 0 Å². The average molecular weight is 341 g/mol. The fraction of sp³-hybridized carbons (Fsp3) is 0.400. The third-order valence-corrected chi connectivity index (χ3v) is 5.43. The van der Waals surface area contributed by atoms with Gasteiger partial charge in [-0.15, -0.1) is 11.3 Å². The summed E-state index contributed by atoms with van der Waals surface area (Å²) in [7, 11) is 0. The highest BCUT2D eigenvalue weighted by Gasteiger charge is 2.35. The van der Waals surface area contributed by atoms with E-state index in [2.05, 4.69) is 6.92 Å². The van der Waals surface area contributed by atoms with Gasteiger partial charge in [0.15, 0.2) is 0 Å². The Morgan fingerprint density at radius 2 is 1.67 bits per heavy atom. The molecule has 0 saturated heterocycles. The molecule has 0 radical (unpaired) electrons. The third-order valence-electron chi connectivity index (χ3n) is 4.51. The van der Waals surface area contributed by atoms with E-state index in [1.165, 1.54) is 30.6 Å². The minimum absolute atomic E-state index is 0.137. The van der Waals surface area contributed by atoms with Crippen molar-refractivity contribution in [3.8, 4) is 10.4 Å². The molecule has 1 aromatic heterocycles. The first-order valence-electron chi connectivity index (χ1n) is 8.76. The highest BCUT2D eigenvalue weighted by molar-refractivity contribution is 7.13. The maximum atomic E-state index is 12.6. The first-order valence-corrected chi connectivity index (χ1v) is 9.64. The molecule has 4 heteroatoms. The summed E-state index contributed by atoms with van der Waals surface area (Å²) in [6.07, 6.45) is 6.88. The van der Waals surface area contributed by atoms with Crippen LogP contribution >= 0.6 is 11.3 Å². The molecule has 0 atom stereocenters. The van der Waals surface area contributed by atoms with Gasteiger partial charge in [-0.2, -0.15) is 0 Å². The first-order chi connectivity index (χ1) is 11.7. The average Bonchev–Trinajstić information content (AvgIpc) is 3.21. The number of hydrogen-bond acceptors (Lipinski definition) is 3. The maximum absolute atomic E-state index is 12.6. The lowest BCUT2D eigenvalue weighted by Gasteiger charge is -2.13. The number of rotatable bonds is 8. The van der Waals surface area contributed by atoms with E-state index >= 15 is 0 Å². The van der Waals surface area contributed by atoms with Crippen molar-refractivity contribution < 1.29 is 9.59 Å². The van der Waals surface area contributed by atoms with Gasteiger partial charge in [-0.05, 0) is 35.6 Å². The fourth-order valence-corrected chi connectivity index (χ4v) is 3.86. The number of thiophene rings is 1. The van der Waals surface area contributed by atoms with E-state index in [4.69, 9.17) is 0 Å². The summed E-state index contributed by atoms with van der Waals surface area (Å²) in [5.41, 5.74) is 2.11. The molecule has 0 N–H and O–H groups in total. The molecule has 0 saturated carbocycles. The number of nitrogens with zero attached hydrogens (tertiary/aromatic N) is 1. The molecule has 0 bridgehead atoms. The SMILES string of the molecule is CCCCCCCCN1C(=O)c2ccc(-c3cccs3)cc2C1=O. The molecule has 0 spiro atoms. The predicted molar refractivity (Wildman–Crippen MR) is 98.5 cm³/mol. The second kappa shape index (κ2) is 7.75. The molecule has 2 heterocycles. The lowest BCUT2D eigenvalue weighted by Crippen LogP contribution is -2.30. The number of imide groups is 1. The number of benzene rings is 1. The van der Waals surface area contributed by atoms with Crippen LogP contribution in [0.3, 0.4) is 0 Å². The normalized spacial score (nSPS) is 13.6. The topological polar surface area (TPSA) is 37.4 Å². The van der Waals surface area contributed by atoms with Crippen LogP contribution in [0.4, 0.5) is 0 Å². The Hall–Kier alpha value is -1.94. The number of fused-ring (bicyclic) bond motifs is 1. The monoisotopic (exact) mass is 341 g/mol. The van der Waals surface area contributed by atoms with Crippen LogP contribution < -0.4 is 0 Å². The second-order valence-corrected chi connectivity index (χ2v) is 7.22. The summed E-state index contributed by atoms with van der Waals surface area (Å²) < 4.78 is 0. The summed E-state index contributed by atoms with van der Waals surface area (Å²) in [6.45, 7) is 2.73. The van der Waals surface area contributed by atoms with Gasteiger partial charge in [0.25, 0.3) is 11.8 Å². The van der Waals surface area contributed by atoms with Gasteiger partial charge in [0, 0.05) is 11.4 Å². The zero-order valence-corrected chi connectivity index (χ0v) is 14.9. The quantitative estimate of drug-likeness (QED) is 0.478. The van der Waals surface area contributed by atoms with E-state index in [-0.39, 0.29) is 11.8 Å². The van der Waals surface area contributed by atoms with Gasteiger partial charge >= 0.3 is 0 Å². The highest BCUT2D eigenvalue weighted by Crippen LogP contribution is 2.31. The van der Waals surface area contributed by atoms with E-state index in [0.717, 1.165) is 23.3 Å². The van der Waals surface area contributed by atoms with Crippen LogP contribution in [0, 0.1) is 0 Å². The summed E-state index contributed by atoms with van der Waals surface area (Å²) in [5.74, 6) is -0.275. The number of carbonyl (C=O) groups is 2. The first kappa shape index (κ1) is 16.9. The van der Waals surface area contributed by atoms with Crippen LogP contribution in [0.5, 0.6) is 0 Å². The largest absolute Gasteiger partial charge is 0.274 e. The number of hydrogen-bond donors (Lipinski definition) is 0. The molecule has 0 unspecified atom stereocenters. The lowest BCUT2D eigenvalue weighted by atomic mass is 10.0. The Balaban J connectivity index is 1.65. The summed E-state index contributed by atoms with van der Waals surface area (Å²) in [5, 5.41) is 2.01. The second-order valence-electron chi connectivity index (χ2n) is 6.27. The molecule has 24 heavy (non-hydrogen) atoms. The van der Waals surface area contributed by atoms with Crippen molar-refractivity contribution >= 4 is 23.2 Å². The molecule has 0 fully saturated rings. The minimum Gasteiger partial charge on any atom is -0.274 e. The van der Waals surface area contributed by atoms with Gasteiger partial charge in [0.2, 0.25) is 0 Å². The minimum atomic E-state index is -0.138. The van der Waals surface area contributed by atoms with E-state index in [1.54, 1.807) is 17.4 Å².